The van der Waals surface area contributed by atoms with Gasteiger partial charge in [-0.15, -0.1) is 45.3 Å². The van der Waals surface area contributed by atoms with Crippen molar-refractivity contribution >= 4 is 50.4 Å². The van der Waals surface area contributed by atoms with Gasteiger partial charge in [0.2, 0.25) is 0 Å². The molecule has 0 atom stereocenters. The smallest absolute Gasteiger partial charge is 0.180 e. The highest BCUT2D eigenvalue weighted by Gasteiger charge is 2.12. The molecule has 1 aliphatic heterocycles. The summed E-state index contributed by atoms with van der Waals surface area (Å²) in [5.41, 5.74) is 6.73. The van der Waals surface area contributed by atoms with Crippen molar-refractivity contribution in [2.45, 2.75) is 13.0 Å². The molecule has 0 saturated heterocycles. The predicted octanol–water partition coefficient (Wildman–Crippen LogP) is 1.53. The molecule has 3 nitrogen and oxygen atoms in total. The zero-order chi connectivity index (χ0) is 6.97. The third-order valence-electron chi connectivity index (χ3n) is 1.62. The third kappa shape index (κ3) is 2.42. The Balaban J connectivity index is 0.000000605. The molecule has 0 saturated carbocycles. The molecule has 1 aromatic heterocycles. The van der Waals surface area contributed by atoms with Gasteiger partial charge in [0.15, 0.2) is 5.13 Å². The number of nitrogens with one attached hydrogen (secondary N) is 1. The Bertz CT molecular complexity index is 227. The molecule has 2 rings (SSSR count). The van der Waals surface area contributed by atoms with Crippen molar-refractivity contribution in [3.8, 4) is 0 Å². The second-order valence-electron chi connectivity index (χ2n) is 2.35. The van der Waals surface area contributed by atoms with Gasteiger partial charge in [0.25, 0.3) is 0 Å². The lowest BCUT2D eigenvalue weighted by molar-refractivity contribution is 0.644. The summed E-state index contributed by atoms with van der Waals surface area (Å²) in [7, 11) is 0. The van der Waals surface area contributed by atoms with E-state index in [9.17, 15) is 0 Å². The van der Waals surface area contributed by atoms with E-state index in [1.807, 2.05) is 0 Å². The molecule has 0 amide bonds. The van der Waals surface area contributed by atoms with Gasteiger partial charge in [0.1, 0.15) is 0 Å². The molecule has 2 heterocycles. The molecule has 6 heteroatoms. The average molecular weight is 317 g/mol. The molecule has 1 aromatic rings. The van der Waals surface area contributed by atoms with Gasteiger partial charge < -0.3 is 11.1 Å². The van der Waals surface area contributed by atoms with E-state index in [0.717, 1.165) is 19.5 Å². The Labute approximate surface area is 96.3 Å². The van der Waals surface area contributed by atoms with Crippen LogP contribution in [0, 0.1) is 0 Å². The molecule has 0 unspecified atom stereocenters. The van der Waals surface area contributed by atoms with E-state index in [4.69, 9.17) is 5.73 Å². The summed E-state index contributed by atoms with van der Waals surface area (Å²) in [4.78, 5) is 5.52. The summed E-state index contributed by atoms with van der Waals surface area (Å²) < 4.78 is 0. The highest BCUT2D eigenvalue weighted by molar-refractivity contribution is 8.93. The molecule has 0 bridgehead atoms. The molecule has 3 N–H and O–H groups in total. The van der Waals surface area contributed by atoms with Crippen LogP contribution < -0.4 is 11.1 Å². The summed E-state index contributed by atoms with van der Waals surface area (Å²) in [5.74, 6) is 0. The van der Waals surface area contributed by atoms with Gasteiger partial charge in [-0.25, -0.2) is 4.98 Å². The Kier molecular flexibility index (Phi) is 5.31. The van der Waals surface area contributed by atoms with Crippen LogP contribution in [0.5, 0.6) is 0 Å². The minimum Gasteiger partial charge on any atom is -0.375 e. The lowest BCUT2D eigenvalue weighted by Crippen LogP contribution is -2.22. The fourth-order valence-electron chi connectivity index (χ4n) is 1.15. The van der Waals surface area contributed by atoms with Gasteiger partial charge in [-0.2, -0.15) is 0 Å². The average Bonchev–Trinajstić information content (AvgIpc) is 2.27. The summed E-state index contributed by atoms with van der Waals surface area (Å²) in [6, 6.07) is 0. The van der Waals surface area contributed by atoms with Crippen molar-refractivity contribution in [2.75, 3.05) is 12.3 Å². The lowest BCUT2D eigenvalue weighted by atomic mass is 10.2. The molecule has 1 aliphatic rings. The van der Waals surface area contributed by atoms with Crippen LogP contribution in [0.3, 0.4) is 0 Å². The van der Waals surface area contributed by atoms with Crippen LogP contribution >= 0.6 is 45.3 Å². The number of aromatic nitrogens is 1. The van der Waals surface area contributed by atoms with Gasteiger partial charge in [0.05, 0.1) is 5.69 Å². The Hall–Kier alpha value is 0.350. The maximum atomic E-state index is 5.54. The number of nitrogens with zero attached hydrogens (tertiary/aromatic N) is 1. The van der Waals surface area contributed by atoms with Gasteiger partial charge in [-0.3, -0.25) is 0 Å². The SMILES string of the molecule is Br.Br.Nc1nc2c(s1)CNCC2. The molecule has 0 fully saturated rings. The van der Waals surface area contributed by atoms with Crippen LogP contribution in [0.4, 0.5) is 5.13 Å². The second-order valence-corrected chi connectivity index (χ2v) is 3.46. The van der Waals surface area contributed by atoms with Gasteiger partial charge in [-0.1, -0.05) is 0 Å². The first-order valence-electron chi connectivity index (χ1n) is 3.31. The third-order valence-corrected chi connectivity index (χ3v) is 2.55. The number of hydrogen-bond donors (Lipinski definition) is 2. The van der Waals surface area contributed by atoms with Crippen molar-refractivity contribution in [3.05, 3.63) is 10.6 Å². The van der Waals surface area contributed by atoms with Crippen LogP contribution in [0.15, 0.2) is 0 Å². The lowest BCUT2D eigenvalue weighted by Gasteiger charge is -2.09. The molecule has 0 aromatic carbocycles. The largest absolute Gasteiger partial charge is 0.375 e. The fourth-order valence-corrected chi connectivity index (χ4v) is 1.99. The maximum absolute atomic E-state index is 5.54. The van der Waals surface area contributed by atoms with Crippen molar-refractivity contribution < 1.29 is 0 Å². The number of fused-ring (bicyclic) bond motifs is 1. The number of halogens is 2. The number of nitrogen functional groups attached to an aromatic ring is 1. The minimum atomic E-state index is 0. The minimum absolute atomic E-state index is 0. The Morgan fingerprint density at radius 1 is 1.42 bits per heavy atom. The molecule has 0 radical (unpaired) electrons. The summed E-state index contributed by atoms with van der Waals surface area (Å²) in [6.45, 7) is 1.99. The topological polar surface area (TPSA) is 50.9 Å². The van der Waals surface area contributed by atoms with E-state index in [-0.39, 0.29) is 34.0 Å². The van der Waals surface area contributed by atoms with Crippen LogP contribution in [0.25, 0.3) is 0 Å². The van der Waals surface area contributed by atoms with E-state index in [2.05, 4.69) is 10.3 Å². The summed E-state index contributed by atoms with van der Waals surface area (Å²) >= 11 is 1.59. The first-order valence-corrected chi connectivity index (χ1v) is 4.12. The Morgan fingerprint density at radius 2 is 2.17 bits per heavy atom. The first kappa shape index (κ1) is 12.3. The van der Waals surface area contributed by atoms with Crippen molar-refractivity contribution in [1.82, 2.24) is 10.3 Å². The van der Waals surface area contributed by atoms with E-state index >= 15 is 0 Å². The van der Waals surface area contributed by atoms with Crippen molar-refractivity contribution in [2.24, 2.45) is 0 Å². The number of nitrogens with two attached hydrogens (primary N) is 1. The number of anilines is 1. The number of hydrogen-bond acceptors (Lipinski definition) is 4. The monoisotopic (exact) mass is 315 g/mol. The van der Waals surface area contributed by atoms with Crippen LogP contribution in [0.1, 0.15) is 10.6 Å². The molecule has 70 valence electrons. The van der Waals surface area contributed by atoms with Crippen molar-refractivity contribution in [1.29, 1.82) is 0 Å². The standard InChI is InChI=1S/C6H9N3S.2BrH/c7-6-9-4-1-2-8-3-5(4)10-6;;/h8H,1-3H2,(H2,7,9);2*1H. The van der Waals surface area contributed by atoms with E-state index in [0.29, 0.717) is 5.13 Å². The molecule has 12 heavy (non-hydrogen) atoms. The number of rotatable bonds is 0. The second kappa shape index (κ2) is 5.16. The normalized spacial score (nSPS) is 14.0. The quantitative estimate of drug-likeness (QED) is 0.763. The highest BCUT2D eigenvalue weighted by atomic mass is 79.9. The zero-order valence-corrected chi connectivity index (χ0v) is 10.6. The van der Waals surface area contributed by atoms with Crippen LogP contribution in [0.2, 0.25) is 0 Å². The maximum Gasteiger partial charge on any atom is 0.180 e. The zero-order valence-electron chi connectivity index (χ0n) is 6.37. The fraction of sp³-hybridized carbons (Fsp3) is 0.500. The predicted molar refractivity (Wildman–Crippen MR) is 62.6 cm³/mol. The molecule has 0 spiro atoms. The van der Waals surface area contributed by atoms with E-state index in [1.54, 1.807) is 11.3 Å². The van der Waals surface area contributed by atoms with Crippen LogP contribution in [-0.4, -0.2) is 11.5 Å². The molecular formula is C6H11Br2N3S. The van der Waals surface area contributed by atoms with Gasteiger partial charge in [0, 0.05) is 24.4 Å². The van der Waals surface area contributed by atoms with Gasteiger partial charge >= 0.3 is 0 Å². The summed E-state index contributed by atoms with van der Waals surface area (Å²) in [5, 5.41) is 3.97. The van der Waals surface area contributed by atoms with Crippen LogP contribution in [-0.2, 0) is 13.0 Å². The van der Waals surface area contributed by atoms with Crippen molar-refractivity contribution in [3.63, 3.8) is 0 Å². The highest BCUT2D eigenvalue weighted by Crippen LogP contribution is 2.22. The van der Waals surface area contributed by atoms with E-state index in [1.165, 1.54) is 10.6 Å². The number of thiazole rings is 1. The van der Waals surface area contributed by atoms with E-state index < -0.39 is 0 Å². The van der Waals surface area contributed by atoms with Gasteiger partial charge in [-0.05, 0) is 0 Å². The first-order chi connectivity index (χ1) is 4.86. The molecular weight excluding hydrogens is 306 g/mol. The Morgan fingerprint density at radius 3 is 2.83 bits per heavy atom. The summed E-state index contributed by atoms with van der Waals surface area (Å²) in [6.07, 6.45) is 1.03. The molecule has 0 aliphatic carbocycles.